The number of carbonyl (C=O) groups is 1. The molecule has 0 spiro atoms. The third-order valence-corrected chi connectivity index (χ3v) is 5.80. The van der Waals surface area contributed by atoms with E-state index in [0.29, 0.717) is 5.57 Å². The second kappa shape index (κ2) is 6.69. The summed E-state index contributed by atoms with van der Waals surface area (Å²) in [6.45, 7) is 7.11. The van der Waals surface area contributed by atoms with Gasteiger partial charge in [0, 0.05) is 21.8 Å². The Balaban J connectivity index is 3.00. The lowest BCUT2D eigenvalue weighted by Gasteiger charge is -2.16. The zero-order valence-corrected chi connectivity index (χ0v) is 15.9. The minimum absolute atomic E-state index is 0.255. The number of carbonyl (C=O) groups excluding carboxylic acids is 1. The third-order valence-electron chi connectivity index (χ3n) is 2.09. The second-order valence-corrected chi connectivity index (χ2v) is 7.11. The average molecular weight is 568 g/mol. The van der Waals surface area contributed by atoms with Crippen LogP contribution in [-0.2, 0) is 9.53 Å². The van der Waals surface area contributed by atoms with E-state index >= 15 is 0 Å². The van der Waals surface area contributed by atoms with Crippen LogP contribution in [0.3, 0.4) is 0 Å². The van der Waals surface area contributed by atoms with Gasteiger partial charge in [-0.2, -0.15) is 0 Å². The lowest BCUT2D eigenvalue weighted by Crippen LogP contribution is -2.11. The predicted octanol–water partition coefficient (Wildman–Crippen LogP) is 4.68. The number of hydrogen-bond acceptors (Lipinski definition) is 2. The van der Waals surface area contributed by atoms with Crippen molar-refractivity contribution in [1.82, 2.24) is 0 Å². The topological polar surface area (TPSA) is 26.3 Å². The van der Waals surface area contributed by atoms with Crippen LogP contribution in [0.15, 0.2) is 24.3 Å². The number of benzene rings is 1. The summed E-state index contributed by atoms with van der Waals surface area (Å²) in [5.41, 5.74) is 1.46. The molecule has 0 saturated heterocycles. The van der Waals surface area contributed by atoms with Gasteiger partial charge in [0.15, 0.2) is 0 Å². The summed E-state index contributed by atoms with van der Waals surface area (Å²) in [7, 11) is 0. The lowest BCUT2D eigenvalue weighted by atomic mass is 10.1. The van der Waals surface area contributed by atoms with Gasteiger partial charge in [-0.25, -0.2) is 4.79 Å². The van der Waals surface area contributed by atoms with E-state index in [1.807, 2.05) is 13.0 Å². The van der Waals surface area contributed by atoms with Gasteiger partial charge in [0.2, 0.25) is 0 Å². The Bertz CT molecular complexity index is 469. The molecular formula is C12H11I3O2. The second-order valence-electron chi connectivity index (χ2n) is 3.62. The highest BCUT2D eigenvalue weighted by atomic mass is 127. The van der Waals surface area contributed by atoms with Gasteiger partial charge >= 0.3 is 5.97 Å². The molecule has 2 nitrogen and oxygen atoms in total. The van der Waals surface area contributed by atoms with Crippen molar-refractivity contribution in [2.45, 2.75) is 20.0 Å². The van der Waals surface area contributed by atoms with Crippen molar-refractivity contribution >= 4 is 73.7 Å². The van der Waals surface area contributed by atoms with Crippen LogP contribution < -0.4 is 0 Å². The van der Waals surface area contributed by atoms with Crippen molar-refractivity contribution in [3.8, 4) is 0 Å². The fraction of sp³-hybridized carbons (Fsp3) is 0.250. The smallest absolute Gasteiger partial charge is 0.333 e. The molecule has 1 rings (SSSR count). The summed E-state index contributed by atoms with van der Waals surface area (Å²) >= 11 is 6.82. The number of ether oxygens (including phenoxy) is 1. The van der Waals surface area contributed by atoms with Crippen LogP contribution in [0.5, 0.6) is 0 Å². The van der Waals surface area contributed by atoms with Gasteiger partial charge in [-0.15, -0.1) is 0 Å². The van der Waals surface area contributed by atoms with Crippen molar-refractivity contribution in [2.24, 2.45) is 0 Å². The zero-order valence-electron chi connectivity index (χ0n) is 9.39. The summed E-state index contributed by atoms with van der Waals surface area (Å²) < 4.78 is 8.78. The normalized spacial score (nSPS) is 12.1. The molecule has 0 bridgehead atoms. The Kier molecular flexibility index (Phi) is 6.17. The first-order valence-corrected chi connectivity index (χ1v) is 8.07. The van der Waals surface area contributed by atoms with Crippen LogP contribution in [0.1, 0.15) is 25.5 Å². The van der Waals surface area contributed by atoms with Crippen LogP contribution in [0.4, 0.5) is 0 Å². The van der Waals surface area contributed by atoms with Gasteiger partial charge in [0.05, 0.1) is 0 Å². The number of rotatable bonds is 3. The molecule has 0 aliphatic heterocycles. The molecule has 0 aliphatic rings. The van der Waals surface area contributed by atoms with Crippen LogP contribution in [-0.4, -0.2) is 5.97 Å². The van der Waals surface area contributed by atoms with E-state index < -0.39 is 0 Å². The molecule has 92 valence electrons. The molecule has 5 heteroatoms. The maximum atomic E-state index is 11.5. The van der Waals surface area contributed by atoms with Gasteiger partial charge in [-0.3, -0.25) is 0 Å². The molecule has 17 heavy (non-hydrogen) atoms. The Morgan fingerprint density at radius 1 is 1.35 bits per heavy atom. The lowest BCUT2D eigenvalue weighted by molar-refractivity contribution is -0.143. The molecule has 0 aliphatic carbocycles. The highest BCUT2D eigenvalue weighted by Crippen LogP contribution is 2.29. The molecule has 0 amide bonds. The van der Waals surface area contributed by atoms with E-state index in [4.69, 9.17) is 4.74 Å². The fourth-order valence-electron chi connectivity index (χ4n) is 1.20. The Labute approximate surface area is 142 Å². The van der Waals surface area contributed by atoms with E-state index in [0.717, 1.165) is 12.7 Å². The van der Waals surface area contributed by atoms with E-state index in [1.54, 1.807) is 6.92 Å². The summed E-state index contributed by atoms with van der Waals surface area (Å²) in [6.07, 6.45) is -0.255. The minimum atomic E-state index is -0.345. The maximum absolute atomic E-state index is 11.5. The van der Waals surface area contributed by atoms with E-state index in [2.05, 4.69) is 80.4 Å². The van der Waals surface area contributed by atoms with Crippen molar-refractivity contribution in [3.63, 3.8) is 0 Å². The van der Waals surface area contributed by atoms with Crippen molar-refractivity contribution < 1.29 is 9.53 Å². The Morgan fingerprint density at radius 2 is 1.94 bits per heavy atom. The Morgan fingerprint density at radius 3 is 2.47 bits per heavy atom. The molecule has 0 N–H and O–H groups in total. The predicted molar refractivity (Wildman–Crippen MR) is 93.9 cm³/mol. The third kappa shape index (κ3) is 4.34. The number of halogens is 3. The first-order valence-electron chi connectivity index (χ1n) is 4.84. The molecule has 0 heterocycles. The monoisotopic (exact) mass is 568 g/mol. The van der Waals surface area contributed by atoms with Gasteiger partial charge in [0.1, 0.15) is 6.10 Å². The van der Waals surface area contributed by atoms with E-state index in [1.165, 1.54) is 3.57 Å². The zero-order chi connectivity index (χ0) is 13.2. The summed E-state index contributed by atoms with van der Waals surface area (Å²) in [6, 6.07) is 4.14. The fourth-order valence-corrected chi connectivity index (χ4v) is 3.84. The van der Waals surface area contributed by atoms with Crippen LogP contribution >= 0.6 is 67.8 Å². The van der Waals surface area contributed by atoms with Crippen molar-refractivity contribution in [1.29, 1.82) is 0 Å². The first-order chi connectivity index (χ1) is 7.82. The largest absolute Gasteiger partial charge is 0.454 e. The van der Waals surface area contributed by atoms with Gasteiger partial charge in [-0.1, -0.05) is 6.58 Å². The number of hydrogen-bond donors (Lipinski definition) is 0. The van der Waals surface area contributed by atoms with Crippen molar-refractivity contribution in [2.75, 3.05) is 0 Å². The summed E-state index contributed by atoms with van der Waals surface area (Å²) in [5, 5.41) is 0. The molecule has 0 fully saturated rings. The molecule has 1 unspecified atom stereocenters. The van der Waals surface area contributed by atoms with Gasteiger partial charge in [-0.05, 0) is 93.8 Å². The average Bonchev–Trinajstić information content (AvgIpc) is 2.22. The highest BCUT2D eigenvalue weighted by molar-refractivity contribution is 14.1. The van der Waals surface area contributed by atoms with Crippen molar-refractivity contribution in [3.05, 3.63) is 40.6 Å². The molecule has 0 saturated carbocycles. The highest BCUT2D eigenvalue weighted by Gasteiger charge is 2.17. The molecular weight excluding hydrogens is 557 g/mol. The summed E-state index contributed by atoms with van der Waals surface area (Å²) in [5.74, 6) is -0.345. The number of esters is 1. The van der Waals surface area contributed by atoms with E-state index in [9.17, 15) is 4.79 Å². The first kappa shape index (κ1) is 15.7. The van der Waals surface area contributed by atoms with E-state index in [-0.39, 0.29) is 12.1 Å². The standard InChI is InChI=1S/C12H11I3O2/c1-6(2)12(16)17-7(3)9-4-8(13)5-10(14)11(9)15/h4-5,7H,1H2,2-3H3. The van der Waals surface area contributed by atoms with Crippen LogP contribution in [0.2, 0.25) is 0 Å². The van der Waals surface area contributed by atoms with Crippen LogP contribution in [0, 0.1) is 10.7 Å². The van der Waals surface area contributed by atoms with Gasteiger partial charge < -0.3 is 4.74 Å². The molecule has 0 aromatic heterocycles. The van der Waals surface area contributed by atoms with Crippen LogP contribution in [0.25, 0.3) is 0 Å². The maximum Gasteiger partial charge on any atom is 0.333 e. The van der Waals surface area contributed by atoms with Gasteiger partial charge in [0.25, 0.3) is 0 Å². The molecule has 1 atom stereocenters. The SMILES string of the molecule is C=C(C)C(=O)OC(C)c1cc(I)cc(I)c1I. The molecule has 1 aromatic rings. The Hall–Kier alpha value is 0.620. The quantitative estimate of drug-likeness (QED) is 0.230. The minimum Gasteiger partial charge on any atom is -0.454 e. The molecule has 0 radical (unpaired) electrons. The molecule has 1 aromatic carbocycles. The summed E-state index contributed by atoms with van der Waals surface area (Å²) in [4.78, 5) is 11.5.